The lowest BCUT2D eigenvalue weighted by molar-refractivity contribution is -0.134. The third kappa shape index (κ3) is 5.82. The van der Waals surface area contributed by atoms with Gasteiger partial charge in [-0.1, -0.05) is 39.0 Å². The quantitative estimate of drug-likeness (QED) is 0.826. The Labute approximate surface area is 146 Å². The van der Waals surface area contributed by atoms with Crippen molar-refractivity contribution in [3.8, 4) is 5.75 Å². The van der Waals surface area contributed by atoms with Gasteiger partial charge in [-0.25, -0.2) is 0 Å². The average molecular weight is 332 g/mol. The van der Waals surface area contributed by atoms with Gasteiger partial charge in [-0.15, -0.1) is 0 Å². The van der Waals surface area contributed by atoms with Gasteiger partial charge >= 0.3 is 0 Å². The van der Waals surface area contributed by atoms with Crippen molar-refractivity contribution in [3.63, 3.8) is 0 Å². The minimum atomic E-state index is 0.0569. The molecule has 0 bridgehead atoms. The van der Waals surface area contributed by atoms with Crippen LogP contribution in [-0.4, -0.2) is 48.0 Å². The van der Waals surface area contributed by atoms with E-state index in [0.717, 1.165) is 38.5 Å². The SMILES string of the molecule is CC(C)Oc1ccccc1CN1CCN(C(=O)CC(C)(C)C)CC1. The molecule has 1 aromatic carbocycles. The molecule has 2 rings (SSSR count). The van der Waals surface area contributed by atoms with E-state index in [1.54, 1.807) is 0 Å². The monoisotopic (exact) mass is 332 g/mol. The number of benzene rings is 1. The van der Waals surface area contributed by atoms with E-state index in [4.69, 9.17) is 4.74 Å². The lowest BCUT2D eigenvalue weighted by atomic mass is 9.91. The maximum Gasteiger partial charge on any atom is 0.223 e. The van der Waals surface area contributed by atoms with Crippen molar-refractivity contribution >= 4 is 5.91 Å². The van der Waals surface area contributed by atoms with Gasteiger partial charge in [0.15, 0.2) is 0 Å². The molecule has 0 aliphatic carbocycles. The van der Waals surface area contributed by atoms with Gasteiger partial charge in [0.1, 0.15) is 5.75 Å². The molecule has 4 nitrogen and oxygen atoms in total. The second-order valence-electron chi connectivity index (χ2n) is 8.17. The van der Waals surface area contributed by atoms with E-state index in [2.05, 4.69) is 51.7 Å². The van der Waals surface area contributed by atoms with Crippen molar-refractivity contribution in [2.75, 3.05) is 26.2 Å². The second kappa shape index (κ2) is 8.02. The third-order valence-electron chi connectivity index (χ3n) is 4.14. The summed E-state index contributed by atoms with van der Waals surface area (Å²) in [6.07, 6.45) is 0.802. The zero-order valence-corrected chi connectivity index (χ0v) is 15.8. The summed E-state index contributed by atoms with van der Waals surface area (Å²) in [7, 11) is 0. The van der Waals surface area contributed by atoms with Crippen LogP contribution in [0.2, 0.25) is 0 Å². The maximum absolute atomic E-state index is 12.3. The molecular formula is C20H32N2O2. The molecule has 0 radical (unpaired) electrons. The number of nitrogens with zero attached hydrogens (tertiary/aromatic N) is 2. The largest absolute Gasteiger partial charge is 0.491 e. The molecule has 1 aliphatic rings. The molecule has 0 saturated carbocycles. The first-order valence-corrected chi connectivity index (χ1v) is 8.99. The Hall–Kier alpha value is -1.55. The standard InChI is InChI=1S/C20H32N2O2/c1-16(2)24-18-9-7-6-8-17(18)15-21-10-12-22(13-11-21)19(23)14-20(3,4)5/h6-9,16H,10-15H2,1-5H3. The number of para-hydroxylation sites is 1. The van der Waals surface area contributed by atoms with Gasteiger partial charge in [0.05, 0.1) is 6.10 Å². The number of piperazine rings is 1. The van der Waals surface area contributed by atoms with Crippen LogP contribution in [-0.2, 0) is 11.3 Å². The summed E-state index contributed by atoms with van der Waals surface area (Å²) in [5, 5.41) is 0. The van der Waals surface area contributed by atoms with Gasteiger partial charge in [-0.05, 0) is 25.3 Å². The predicted molar refractivity (Wildman–Crippen MR) is 98.1 cm³/mol. The van der Waals surface area contributed by atoms with Crippen LogP contribution in [0.15, 0.2) is 24.3 Å². The highest BCUT2D eigenvalue weighted by molar-refractivity contribution is 5.76. The van der Waals surface area contributed by atoms with E-state index in [0.29, 0.717) is 6.42 Å². The molecule has 0 N–H and O–H groups in total. The Morgan fingerprint density at radius 2 is 1.75 bits per heavy atom. The minimum Gasteiger partial charge on any atom is -0.491 e. The van der Waals surface area contributed by atoms with Crippen molar-refractivity contribution in [1.29, 1.82) is 0 Å². The molecule has 4 heteroatoms. The molecule has 1 amide bonds. The van der Waals surface area contributed by atoms with Crippen LogP contribution < -0.4 is 4.74 Å². The van der Waals surface area contributed by atoms with Crippen molar-refractivity contribution < 1.29 is 9.53 Å². The van der Waals surface area contributed by atoms with Crippen LogP contribution >= 0.6 is 0 Å². The summed E-state index contributed by atoms with van der Waals surface area (Å²) in [6.45, 7) is 14.8. The lowest BCUT2D eigenvalue weighted by Crippen LogP contribution is -2.48. The van der Waals surface area contributed by atoms with E-state index >= 15 is 0 Å². The molecular weight excluding hydrogens is 300 g/mol. The highest BCUT2D eigenvalue weighted by Crippen LogP contribution is 2.23. The number of amides is 1. The minimum absolute atomic E-state index is 0.0569. The van der Waals surface area contributed by atoms with Crippen molar-refractivity contribution in [2.24, 2.45) is 5.41 Å². The number of hydrogen-bond acceptors (Lipinski definition) is 3. The van der Waals surface area contributed by atoms with Gasteiger partial charge in [0.2, 0.25) is 5.91 Å². The van der Waals surface area contributed by atoms with E-state index in [1.165, 1.54) is 5.56 Å². The number of rotatable bonds is 5. The Bertz CT molecular complexity index is 541. The normalized spacial score (nSPS) is 16.5. The van der Waals surface area contributed by atoms with Gasteiger partial charge in [-0.3, -0.25) is 9.69 Å². The molecule has 1 saturated heterocycles. The molecule has 24 heavy (non-hydrogen) atoms. The molecule has 1 fully saturated rings. The van der Waals surface area contributed by atoms with Gasteiger partial charge < -0.3 is 9.64 Å². The zero-order chi connectivity index (χ0) is 17.7. The summed E-state index contributed by atoms with van der Waals surface area (Å²) in [4.78, 5) is 16.8. The average Bonchev–Trinajstić information content (AvgIpc) is 2.48. The highest BCUT2D eigenvalue weighted by atomic mass is 16.5. The van der Waals surface area contributed by atoms with Gasteiger partial charge in [0, 0.05) is 44.7 Å². The van der Waals surface area contributed by atoms with Crippen LogP contribution in [0, 0.1) is 5.41 Å². The Morgan fingerprint density at radius 3 is 2.33 bits per heavy atom. The fraction of sp³-hybridized carbons (Fsp3) is 0.650. The van der Waals surface area contributed by atoms with E-state index in [9.17, 15) is 4.79 Å². The van der Waals surface area contributed by atoms with Crippen LogP contribution in [0.5, 0.6) is 5.75 Å². The molecule has 0 aromatic heterocycles. The summed E-state index contributed by atoms with van der Waals surface area (Å²) >= 11 is 0. The molecule has 1 aromatic rings. The number of hydrogen-bond donors (Lipinski definition) is 0. The van der Waals surface area contributed by atoms with Crippen LogP contribution in [0.25, 0.3) is 0 Å². The summed E-state index contributed by atoms with van der Waals surface area (Å²) in [6, 6.07) is 8.25. The first-order chi connectivity index (χ1) is 11.2. The summed E-state index contributed by atoms with van der Waals surface area (Å²) in [5.74, 6) is 1.25. The van der Waals surface area contributed by atoms with Gasteiger partial charge in [0.25, 0.3) is 0 Å². The van der Waals surface area contributed by atoms with E-state index in [1.807, 2.05) is 17.0 Å². The molecule has 0 spiro atoms. The Kier molecular flexibility index (Phi) is 6.27. The first-order valence-electron chi connectivity index (χ1n) is 8.99. The van der Waals surface area contributed by atoms with Crippen molar-refractivity contribution in [3.05, 3.63) is 29.8 Å². The summed E-state index contributed by atoms with van der Waals surface area (Å²) < 4.78 is 5.91. The van der Waals surface area contributed by atoms with Crippen LogP contribution in [0.1, 0.15) is 46.6 Å². The summed E-state index contributed by atoms with van der Waals surface area (Å²) in [5.41, 5.74) is 1.28. The fourth-order valence-corrected chi connectivity index (χ4v) is 2.97. The van der Waals surface area contributed by atoms with Crippen molar-refractivity contribution in [2.45, 2.75) is 53.7 Å². The first kappa shape index (κ1) is 18.8. The lowest BCUT2D eigenvalue weighted by Gasteiger charge is -2.36. The van der Waals surface area contributed by atoms with E-state index < -0.39 is 0 Å². The molecule has 1 aliphatic heterocycles. The third-order valence-corrected chi connectivity index (χ3v) is 4.14. The predicted octanol–water partition coefficient (Wildman–Crippen LogP) is 3.55. The second-order valence-corrected chi connectivity index (χ2v) is 8.17. The topological polar surface area (TPSA) is 32.8 Å². The molecule has 1 heterocycles. The number of ether oxygens (including phenoxy) is 1. The molecule has 0 atom stereocenters. The van der Waals surface area contributed by atoms with Crippen molar-refractivity contribution in [1.82, 2.24) is 9.80 Å². The molecule has 0 unspecified atom stereocenters. The number of carbonyl (C=O) groups excluding carboxylic acids is 1. The number of carbonyl (C=O) groups is 1. The fourth-order valence-electron chi connectivity index (χ4n) is 2.97. The smallest absolute Gasteiger partial charge is 0.223 e. The van der Waals surface area contributed by atoms with Crippen LogP contribution in [0.4, 0.5) is 0 Å². The highest BCUT2D eigenvalue weighted by Gasteiger charge is 2.25. The van der Waals surface area contributed by atoms with Gasteiger partial charge in [-0.2, -0.15) is 0 Å². The Morgan fingerprint density at radius 1 is 1.12 bits per heavy atom. The van der Waals surface area contributed by atoms with E-state index in [-0.39, 0.29) is 17.4 Å². The maximum atomic E-state index is 12.3. The molecule has 134 valence electrons. The van der Waals surface area contributed by atoms with Crippen LogP contribution in [0.3, 0.4) is 0 Å². The zero-order valence-electron chi connectivity index (χ0n) is 15.8. The Balaban J connectivity index is 1.89.